The van der Waals surface area contributed by atoms with Crippen LogP contribution in [-0.2, 0) is 11.3 Å². The van der Waals surface area contributed by atoms with Crippen LogP contribution in [0.25, 0.3) is 0 Å². The number of non-ortho nitro benzene ring substituents is 1. The molecule has 2 aromatic carbocycles. The highest BCUT2D eigenvalue weighted by atomic mass is 35.5. The normalized spacial score (nSPS) is 10.3. The first-order chi connectivity index (χ1) is 11.9. The summed E-state index contributed by atoms with van der Waals surface area (Å²) in [4.78, 5) is 35.5. The molecule has 0 aliphatic carbocycles. The number of halogens is 1. The topological polar surface area (TPSA) is 107 Å². The Morgan fingerprint density at radius 1 is 1.16 bits per heavy atom. The van der Waals surface area contributed by atoms with Crippen LogP contribution in [-0.4, -0.2) is 28.2 Å². The van der Waals surface area contributed by atoms with Gasteiger partial charge in [-0.2, -0.15) is 0 Å². The number of nitrogens with two attached hydrogens (primary N) is 1. The van der Waals surface area contributed by atoms with Crippen LogP contribution in [0.15, 0.2) is 48.5 Å². The zero-order valence-electron chi connectivity index (χ0n) is 13.2. The molecule has 0 heterocycles. The molecule has 7 nitrogen and oxygen atoms in total. The highest BCUT2D eigenvalue weighted by Crippen LogP contribution is 2.24. The van der Waals surface area contributed by atoms with Gasteiger partial charge in [-0.3, -0.25) is 19.7 Å². The van der Waals surface area contributed by atoms with Gasteiger partial charge < -0.3 is 10.6 Å². The largest absolute Gasteiger partial charge is 0.370 e. The predicted molar refractivity (Wildman–Crippen MR) is 93.1 cm³/mol. The SMILES string of the molecule is NC(=O)CCN(Cc1ccccc1)C(=O)c1ccc([N+](=O)[O-])cc1Cl. The molecule has 2 N–H and O–H groups in total. The summed E-state index contributed by atoms with van der Waals surface area (Å²) < 4.78 is 0. The van der Waals surface area contributed by atoms with Crippen LogP contribution in [0.1, 0.15) is 22.3 Å². The van der Waals surface area contributed by atoms with E-state index in [0.29, 0.717) is 0 Å². The molecular formula is C17H16ClN3O4. The maximum Gasteiger partial charge on any atom is 0.270 e. The Balaban J connectivity index is 2.27. The Hall–Kier alpha value is -2.93. The van der Waals surface area contributed by atoms with E-state index >= 15 is 0 Å². The highest BCUT2D eigenvalue weighted by molar-refractivity contribution is 6.34. The number of nitro benzene ring substituents is 1. The summed E-state index contributed by atoms with van der Waals surface area (Å²) in [5, 5.41) is 10.8. The Morgan fingerprint density at radius 3 is 2.40 bits per heavy atom. The lowest BCUT2D eigenvalue weighted by molar-refractivity contribution is -0.384. The fraction of sp³-hybridized carbons (Fsp3) is 0.176. The van der Waals surface area contributed by atoms with Crippen LogP contribution < -0.4 is 5.73 Å². The summed E-state index contributed by atoms with van der Waals surface area (Å²) in [5.41, 5.74) is 5.98. The van der Waals surface area contributed by atoms with Crippen LogP contribution >= 0.6 is 11.6 Å². The van der Waals surface area contributed by atoms with Crippen molar-refractivity contribution in [3.63, 3.8) is 0 Å². The second kappa shape index (κ2) is 8.25. The van der Waals surface area contributed by atoms with Gasteiger partial charge in [-0.25, -0.2) is 0 Å². The smallest absolute Gasteiger partial charge is 0.270 e. The molecule has 0 bridgehead atoms. The fourth-order valence-electron chi connectivity index (χ4n) is 2.26. The second-order valence-corrected chi connectivity index (χ2v) is 5.76. The molecule has 0 fully saturated rings. The molecule has 2 amide bonds. The number of amides is 2. The molecule has 0 spiro atoms. The van der Waals surface area contributed by atoms with E-state index in [1.54, 1.807) is 0 Å². The summed E-state index contributed by atoms with van der Waals surface area (Å²) >= 11 is 6.03. The molecule has 2 rings (SSSR count). The molecule has 0 saturated heterocycles. The summed E-state index contributed by atoms with van der Waals surface area (Å²) in [6, 6.07) is 12.9. The molecule has 130 valence electrons. The van der Waals surface area contributed by atoms with Crippen molar-refractivity contribution in [2.24, 2.45) is 5.73 Å². The van der Waals surface area contributed by atoms with E-state index in [1.807, 2.05) is 30.3 Å². The van der Waals surface area contributed by atoms with Gasteiger partial charge in [-0.05, 0) is 11.6 Å². The first-order valence-corrected chi connectivity index (χ1v) is 7.81. The van der Waals surface area contributed by atoms with Crippen molar-refractivity contribution in [2.75, 3.05) is 6.54 Å². The number of rotatable bonds is 7. The van der Waals surface area contributed by atoms with Crippen molar-refractivity contribution in [1.29, 1.82) is 0 Å². The molecule has 2 aromatic rings. The highest BCUT2D eigenvalue weighted by Gasteiger charge is 2.21. The number of primary amides is 1. The first kappa shape index (κ1) is 18.4. The van der Waals surface area contributed by atoms with E-state index in [4.69, 9.17) is 17.3 Å². The summed E-state index contributed by atoms with van der Waals surface area (Å²) in [5.74, 6) is -0.953. The van der Waals surface area contributed by atoms with Gasteiger partial charge >= 0.3 is 0 Å². The summed E-state index contributed by atoms with van der Waals surface area (Å²) in [6.07, 6.45) is 0.00315. The van der Waals surface area contributed by atoms with Crippen LogP contribution in [0, 0.1) is 10.1 Å². The zero-order valence-corrected chi connectivity index (χ0v) is 14.0. The quantitative estimate of drug-likeness (QED) is 0.604. The molecule has 0 unspecified atom stereocenters. The van der Waals surface area contributed by atoms with E-state index in [1.165, 1.54) is 17.0 Å². The fourth-order valence-corrected chi connectivity index (χ4v) is 2.52. The van der Waals surface area contributed by atoms with Crippen molar-refractivity contribution in [2.45, 2.75) is 13.0 Å². The summed E-state index contributed by atoms with van der Waals surface area (Å²) in [7, 11) is 0. The number of carbonyl (C=O) groups excluding carboxylic acids is 2. The minimum atomic E-state index is -0.588. The van der Waals surface area contributed by atoms with Gasteiger partial charge in [0.15, 0.2) is 0 Å². The van der Waals surface area contributed by atoms with Gasteiger partial charge in [0.2, 0.25) is 5.91 Å². The lowest BCUT2D eigenvalue weighted by Gasteiger charge is -2.23. The first-order valence-electron chi connectivity index (χ1n) is 7.44. The lowest BCUT2D eigenvalue weighted by atomic mass is 10.1. The maximum atomic E-state index is 12.8. The van der Waals surface area contributed by atoms with Gasteiger partial charge in [-0.15, -0.1) is 0 Å². The van der Waals surface area contributed by atoms with E-state index < -0.39 is 16.7 Å². The van der Waals surface area contributed by atoms with Gasteiger partial charge in [0.05, 0.1) is 15.5 Å². The Labute approximate surface area is 149 Å². The molecule has 0 aliphatic rings. The lowest BCUT2D eigenvalue weighted by Crippen LogP contribution is -2.33. The molecule has 0 radical (unpaired) electrons. The van der Waals surface area contributed by atoms with Gasteiger partial charge in [0, 0.05) is 31.6 Å². The van der Waals surface area contributed by atoms with E-state index in [0.717, 1.165) is 11.6 Å². The Kier molecular flexibility index (Phi) is 6.08. The van der Waals surface area contributed by atoms with Crippen LogP contribution in [0.4, 0.5) is 5.69 Å². The number of nitrogens with zero attached hydrogens (tertiary/aromatic N) is 2. The van der Waals surface area contributed by atoms with Crippen molar-refractivity contribution in [3.05, 3.63) is 74.8 Å². The van der Waals surface area contributed by atoms with Crippen LogP contribution in [0.3, 0.4) is 0 Å². The third-order valence-corrected chi connectivity index (χ3v) is 3.84. The van der Waals surface area contributed by atoms with Gasteiger partial charge in [-0.1, -0.05) is 41.9 Å². The van der Waals surface area contributed by atoms with Crippen molar-refractivity contribution >= 4 is 29.1 Å². The average molecular weight is 362 g/mol. The second-order valence-electron chi connectivity index (χ2n) is 5.35. The van der Waals surface area contributed by atoms with E-state index in [-0.39, 0.29) is 35.8 Å². The van der Waals surface area contributed by atoms with Gasteiger partial charge in [0.25, 0.3) is 11.6 Å². The minimum Gasteiger partial charge on any atom is -0.370 e. The summed E-state index contributed by atoms with van der Waals surface area (Å²) in [6.45, 7) is 0.386. The third-order valence-electron chi connectivity index (χ3n) is 3.53. The molecule has 0 aliphatic heterocycles. The van der Waals surface area contributed by atoms with E-state index in [2.05, 4.69) is 0 Å². The number of benzene rings is 2. The molecular weight excluding hydrogens is 346 g/mol. The number of hydrogen-bond donors (Lipinski definition) is 1. The number of nitro groups is 1. The van der Waals surface area contributed by atoms with Crippen molar-refractivity contribution in [1.82, 2.24) is 4.90 Å². The minimum absolute atomic E-state index is 0.00315. The predicted octanol–water partition coefficient (Wildman–Crippen LogP) is 2.77. The Morgan fingerprint density at radius 2 is 1.84 bits per heavy atom. The zero-order chi connectivity index (χ0) is 18.4. The number of carbonyl (C=O) groups is 2. The molecule has 25 heavy (non-hydrogen) atoms. The third kappa shape index (κ3) is 5.02. The average Bonchev–Trinajstić information content (AvgIpc) is 2.58. The van der Waals surface area contributed by atoms with Crippen LogP contribution in [0.2, 0.25) is 5.02 Å². The van der Waals surface area contributed by atoms with E-state index in [9.17, 15) is 19.7 Å². The molecule has 0 aromatic heterocycles. The van der Waals surface area contributed by atoms with Crippen molar-refractivity contribution in [3.8, 4) is 0 Å². The monoisotopic (exact) mass is 361 g/mol. The maximum absolute atomic E-state index is 12.8. The molecule has 0 saturated carbocycles. The number of hydrogen-bond acceptors (Lipinski definition) is 4. The van der Waals surface area contributed by atoms with Gasteiger partial charge in [0.1, 0.15) is 0 Å². The Bertz CT molecular complexity index is 796. The standard InChI is InChI=1S/C17H16ClN3O4/c18-15-10-13(21(24)25)6-7-14(15)17(23)20(9-8-16(19)22)11-12-4-2-1-3-5-12/h1-7,10H,8-9,11H2,(H2,19,22). The molecule has 8 heteroatoms. The van der Waals surface area contributed by atoms with Crippen LogP contribution in [0.5, 0.6) is 0 Å². The molecule has 0 atom stereocenters. The van der Waals surface area contributed by atoms with Crippen molar-refractivity contribution < 1.29 is 14.5 Å².